The van der Waals surface area contributed by atoms with E-state index in [0.717, 1.165) is 53.3 Å². The molecule has 2 bridgehead atoms. The Labute approximate surface area is 185 Å². The number of rotatable bonds is 4. The van der Waals surface area contributed by atoms with Crippen LogP contribution in [-0.2, 0) is 6.42 Å². The number of ether oxygens (including phenoxy) is 1. The average molecular weight is 433 g/mol. The zero-order valence-corrected chi connectivity index (χ0v) is 18.0. The summed E-state index contributed by atoms with van der Waals surface area (Å²) in [7, 11) is 1.80. The number of fused-ring (bicyclic) bond motifs is 5. The van der Waals surface area contributed by atoms with Crippen LogP contribution in [0.25, 0.3) is 11.1 Å². The zero-order chi connectivity index (χ0) is 22.0. The number of nitrogens with two attached hydrogens (primary N) is 1. The number of nitrogens with zero attached hydrogens (tertiary/aromatic N) is 5. The minimum absolute atomic E-state index is 0.229. The zero-order valence-electron chi connectivity index (χ0n) is 18.0. The second-order valence-electron chi connectivity index (χ2n) is 8.83. The summed E-state index contributed by atoms with van der Waals surface area (Å²) in [6.07, 6.45) is 5.79. The molecule has 1 unspecified atom stereocenters. The molecule has 1 saturated heterocycles. The summed E-state index contributed by atoms with van der Waals surface area (Å²) >= 11 is 0. The summed E-state index contributed by atoms with van der Waals surface area (Å²) in [5.74, 6) is 2.10. The van der Waals surface area contributed by atoms with Crippen LogP contribution in [-0.4, -0.2) is 45.6 Å². The molecular formula is C23H24FN7O. The van der Waals surface area contributed by atoms with Gasteiger partial charge in [0.1, 0.15) is 17.5 Å². The fraction of sp³-hybridized carbons (Fsp3) is 0.391. The lowest BCUT2D eigenvalue weighted by atomic mass is 10.0. The van der Waals surface area contributed by atoms with Gasteiger partial charge >= 0.3 is 6.01 Å². The maximum Gasteiger partial charge on any atom is 0.324 e. The van der Waals surface area contributed by atoms with Crippen LogP contribution in [0.4, 0.5) is 15.9 Å². The molecule has 3 aromatic rings. The van der Waals surface area contributed by atoms with Crippen molar-refractivity contribution in [3.05, 3.63) is 47.4 Å². The predicted molar refractivity (Wildman–Crippen MR) is 118 cm³/mol. The van der Waals surface area contributed by atoms with Crippen LogP contribution in [0.3, 0.4) is 0 Å². The molecule has 9 heteroatoms. The Morgan fingerprint density at radius 3 is 2.69 bits per heavy atom. The van der Waals surface area contributed by atoms with E-state index < -0.39 is 0 Å². The van der Waals surface area contributed by atoms with Crippen molar-refractivity contribution in [3.8, 4) is 22.9 Å². The van der Waals surface area contributed by atoms with Gasteiger partial charge in [0.25, 0.3) is 0 Å². The van der Waals surface area contributed by atoms with Crippen molar-refractivity contribution in [3.63, 3.8) is 0 Å². The minimum atomic E-state index is -0.283. The highest BCUT2D eigenvalue weighted by Crippen LogP contribution is 2.48. The molecule has 3 aliphatic rings. The van der Waals surface area contributed by atoms with Gasteiger partial charge in [-0.3, -0.25) is 0 Å². The van der Waals surface area contributed by atoms with Gasteiger partial charge in [-0.15, -0.1) is 0 Å². The number of hydrogen-bond acceptors (Lipinski definition) is 8. The van der Waals surface area contributed by atoms with E-state index in [2.05, 4.69) is 20.2 Å². The molecule has 0 radical (unpaired) electrons. The SMILES string of the molecule is CNc1cc(F)cc2c1Cc1nc(Oc3cnc(C)nc3)nc(N3CC4C[C@H]3C[C@@H]4N)c1-2. The summed E-state index contributed by atoms with van der Waals surface area (Å²) in [5.41, 5.74) is 10.7. The van der Waals surface area contributed by atoms with Crippen molar-refractivity contribution in [1.29, 1.82) is 0 Å². The second kappa shape index (κ2) is 7.09. The molecule has 0 amide bonds. The normalized spacial score (nSPS) is 22.8. The molecule has 1 saturated carbocycles. The van der Waals surface area contributed by atoms with Crippen molar-refractivity contribution in [1.82, 2.24) is 19.9 Å². The predicted octanol–water partition coefficient (Wildman–Crippen LogP) is 3.05. The first-order chi connectivity index (χ1) is 15.5. The molecule has 0 spiro atoms. The number of aryl methyl sites for hydroxylation is 1. The molecule has 2 aromatic heterocycles. The van der Waals surface area contributed by atoms with Crippen molar-refractivity contribution in [2.75, 3.05) is 23.8 Å². The van der Waals surface area contributed by atoms with Gasteiger partial charge < -0.3 is 20.7 Å². The number of nitrogens with one attached hydrogen (secondary N) is 1. The third kappa shape index (κ3) is 2.99. The smallest absolute Gasteiger partial charge is 0.324 e. The molecule has 3 heterocycles. The van der Waals surface area contributed by atoms with Crippen LogP contribution in [0.1, 0.15) is 29.9 Å². The molecule has 32 heavy (non-hydrogen) atoms. The topological polar surface area (TPSA) is 102 Å². The molecule has 3 N–H and O–H groups in total. The van der Waals surface area contributed by atoms with Crippen LogP contribution in [0.15, 0.2) is 24.5 Å². The fourth-order valence-corrected chi connectivity index (χ4v) is 5.36. The van der Waals surface area contributed by atoms with E-state index in [0.29, 0.717) is 30.0 Å². The van der Waals surface area contributed by atoms with Crippen molar-refractivity contribution < 1.29 is 9.13 Å². The van der Waals surface area contributed by atoms with Crippen LogP contribution in [0, 0.1) is 18.7 Å². The van der Waals surface area contributed by atoms with Crippen LogP contribution >= 0.6 is 0 Å². The highest BCUT2D eigenvalue weighted by Gasteiger charge is 2.45. The lowest BCUT2D eigenvalue weighted by Crippen LogP contribution is -2.41. The van der Waals surface area contributed by atoms with E-state index in [-0.39, 0.29) is 17.9 Å². The Morgan fingerprint density at radius 2 is 2.00 bits per heavy atom. The van der Waals surface area contributed by atoms with E-state index in [1.165, 1.54) is 6.07 Å². The summed E-state index contributed by atoms with van der Waals surface area (Å²) < 4.78 is 20.4. The van der Waals surface area contributed by atoms with Gasteiger partial charge in [0.2, 0.25) is 0 Å². The highest BCUT2D eigenvalue weighted by atomic mass is 19.1. The first-order valence-corrected chi connectivity index (χ1v) is 10.9. The average Bonchev–Trinajstić information content (AvgIpc) is 3.46. The fourth-order valence-electron chi connectivity index (χ4n) is 5.36. The van der Waals surface area contributed by atoms with Crippen molar-refractivity contribution >= 4 is 11.5 Å². The number of benzene rings is 1. The van der Waals surface area contributed by atoms with Crippen molar-refractivity contribution in [2.45, 2.75) is 38.3 Å². The number of hydrogen-bond donors (Lipinski definition) is 2. The molecule has 3 atom stereocenters. The minimum Gasteiger partial charge on any atom is -0.421 e. The third-order valence-corrected chi connectivity index (χ3v) is 6.88. The van der Waals surface area contributed by atoms with Crippen LogP contribution < -0.4 is 20.7 Å². The summed E-state index contributed by atoms with van der Waals surface area (Å²) in [6, 6.07) is 3.91. The Hall–Kier alpha value is -3.33. The van der Waals surface area contributed by atoms with Gasteiger partial charge in [0.15, 0.2) is 5.75 Å². The number of anilines is 2. The van der Waals surface area contributed by atoms with Gasteiger partial charge in [-0.1, -0.05) is 0 Å². The van der Waals surface area contributed by atoms with E-state index in [1.807, 2.05) is 6.92 Å². The molecule has 164 valence electrons. The Morgan fingerprint density at radius 1 is 1.19 bits per heavy atom. The molecule has 6 rings (SSSR count). The van der Waals surface area contributed by atoms with Crippen molar-refractivity contribution in [2.24, 2.45) is 11.7 Å². The van der Waals surface area contributed by atoms with Gasteiger partial charge in [-0.2, -0.15) is 9.97 Å². The molecule has 1 aromatic carbocycles. The summed E-state index contributed by atoms with van der Waals surface area (Å²) in [5, 5.41) is 3.12. The second-order valence-corrected chi connectivity index (χ2v) is 8.83. The van der Waals surface area contributed by atoms with E-state index >= 15 is 0 Å². The van der Waals surface area contributed by atoms with Gasteiger partial charge in [0.05, 0.1) is 18.1 Å². The number of aromatic nitrogens is 4. The summed E-state index contributed by atoms with van der Waals surface area (Å²) in [6.45, 7) is 2.66. The van der Waals surface area contributed by atoms with Gasteiger partial charge in [-0.25, -0.2) is 14.4 Å². The van der Waals surface area contributed by atoms with Gasteiger partial charge in [-0.05, 0) is 48.9 Å². The Kier molecular flexibility index (Phi) is 4.29. The van der Waals surface area contributed by atoms with E-state index in [4.69, 9.17) is 20.4 Å². The third-order valence-electron chi connectivity index (χ3n) is 6.88. The quantitative estimate of drug-likeness (QED) is 0.506. The maximum absolute atomic E-state index is 14.5. The highest BCUT2D eigenvalue weighted by molar-refractivity contribution is 5.88. The Bertz CT molecular complexity index is 1210. The molecule has 2 aliphatic carbocycles. The summed E-state index contributed by atoms with van der Waals surface area (Å²) in [4.78, 5) is 20.2. The lowest BCUT2D eigenvalue weighted by molar-refractivity contribution is 0.432. The Balaban J connectivity index is 1.48. The molecular weight excluding hydrogens is 409 g/mol. The lowest BCUT2D eigenvalue weighted by Gasteiger charge is -2.32. The largest absolute Gasteiger partial charge is 0.421 e. The monoisotopic (exact) mass is 433 g/mol. The van der Waals surface area contributed by atoms with Crippen LogP contribution in [0.5, 0.6) is 11.8 Å². The first-order valence-electron chi connectivity index (χ1n) is 10.9. The maximum atomic E-state index is 14.5. The molecule has 8 nitrogen and oxygen atoms in total. The molecule has 1 aliphatic heterocycles. The molecule has 2 fully saturated rings. The van der Waals surface area contributed by atoms with E-state index in [1.54, 1.807) is 25.5 Å². The number of halogens is 1. The van der Waals surface area contributed by atoms with Gasteiger partial charge in [0, 0.05) is 43.3 Å². The first kappa shape index (κ1) is 19.4. The number of piperidine rings is 1. The standard InChI is InChI=1S/C23H24FN7O/c1-11-27-8-15(9-28-11)32-23-29-20-7-16-17(4-13(24)5-19(16)26-2)21(20)22(30-23)31-10-12-3-14(31)6-18(12)25/h4-5,8-9,12,14,18,26H,3,6-7,10,25H2,1-2H3/t12?,14-,18-/m0/s1. The van der Waals surface area contributed by atoms with E-state index in [9.17, 15) is 4.39 Å². The van der Waals surface area contributed by atoms with Crippen LogP contribution in [0.2, 0.25) is 0 Å².